The fraction of sp³-hybridized carbons (Fsp3) is 0.562. The molecule has 0 saturated carbocycles. The lowest BCUT2D eigenvalue weighted by Gasteiger charge is -2.32. The van der Waals surface area contributed by atoms with Crippen LogP contribution >= 0.6 is 0 Å². The van der Waals surface area contributed by atoms with Gasteiger partial charge in [-0.2, -0.15) is 0 Å². The number of rotatable bonds is 4. The van der Waals surface area contributed by atoms with Gasteiger partial charge >= 0.3 is 0 Å². The van der Waals surface area contributed by atoms with Gasteiger partial charge in [0.2, 0.25) is 0 Å². The zero-order chi connectivity index (χ0) is 13.0. The first-order valence-electron chi connectivity index (χ1n) is 7.00. The molecule has 1 heterocycles. The molecular formula is C16H23NO. The molecule has 1 saturated heterocycles. The Morgan fingerprint density at radius 3 is 2.61 bits per heavy atom. The molecule has 0 amide bonds. The van der Waals surface area contributed by atoms with Gasteiger partial charge in [0.15, 0.2) is 5.78 Å². The molecule has 2 rings (SSSR count). The van der Waals surface area contributed by atoms with Gasteiger partial charge in [-0.15, -0.1) is 0 Å². The summed E-state index contributed by atoms with van der Waals surface area (Å²) in [5, 5.41) is 3.34. The molecule has 1 atom stereocenters. The SMILES string of the molecule is CCCc1ccc(C(=O)C2(C)CCCNC2)cc1. The number of ketones is 1. The van der Waals surface area contributed by atoms with E-state index in [-0.39, 0.29) is 11.2 Å². The second kappa shape index (κ2) is 5.66. The summed E-state index contributed by atoms with van der Waals surface area (Å²) in [5.41, 5.74) is 1.96. The summed E-state index contributed by atoms with van der Waals surface area (Å²) in [4.78, 5) is 12.6. The third kappa shape index (κ3) is 2.81. The van der Waals surface area contributed by atoms with Crippen molar-refractivity contribution in [2.24, 2.45) is 5.41 Å². The summed E-state index contributed by atoms with van der Waals surface area (Å²) in [7, 11) is 0. The number of carbonyl (C=O) groups is 1. The normalized spacial score (nSPS) is 23.9. The highest BCUT2D eigenvalue weighted by molar-refractivity contribution is 6.00. The van der Waals surface area contributed by atoms with Crippen LogP contribution in [0.4, 0.5) is 0 Å². The van der Waals surface area contributed by atoms with E-state index in [1.165, 1.54) is 5.56 Å². The van der Waals surface area contributed by atoms with Crippen molar-refractivity contribution in [3.05, 3.63) is 35.4 Å². The number of Topliss-reactive ketones (excluding diaryl/α,β-unsaturated/α-hetero) is 1. The first kappa shape index (κ1) is 13.3. The number of carbonyl (C=O) groups excluding carboxylic acids is 1. The number of hydrogen-bond donors (Lipinski definition) is 1. The maximum atomic E-state index is 12.6. The minimum atomic E-state index is -0.218. The lowest BCUT2D eigenvalue weighted by molar-refractivity contribution is 0.0773. The molecule has 0 bridgehead atoms. The molecule has 1 unspecified atom stereocenters. The Kier molecular flexibility index (Phi) is 4.18. The van der Waals surface area contributed by atoms with Crippen LogP contribution in [0.15, 0.2) is 24.3 Å². The molecule has 1 fully saturated rings. The molecule has 2 heteroatoms. The van der Waals surface area contributed by atoms with Crippen LogP contribution in [-0.2, 0) is 6.42 Å². The Balaban J connectivity index is 2.12. The van der Waals surface area contributed by atoms with Gasteiger partial charge in [0.25, 0.3) is 0 Å². The van der Waals surface area contributed by atoms with Crippen LogP contribution < -0.4 is 5.32 Å². The van der Waals surface area contributed by atoms with E-state index < -0.39 is 0 Å². The van der Waals surface area contributed by atoms with E-state index in [1.807, 2.05) is 12.1 Å². The van der Waals surface area contributed by atoms with Crippen LogP contribution in [0.3, 0.4) is 0 Å². The number of hydrogen-bond acceptors (Lipinski definition) is 2. The van der Waals surface area contributed by atoms with Crippen LogP contribution in [0.25, 0.3) is 0 Å². The molecule has 0 spiro atoms. The minimum Gasteiger partial charge on any atom is -0.316 e. The Hall–Kier alpha value is -1.15. The third-order valence-corrected chi connectivity index (χ3v) is 3.90. The predicted octanol–water partition coefficient (Wildman–Crippen LogP) is 3.21. The molecule has 1 aromatic rings. The number of benzene rings is 1. The summed E-state index contributed by atoms with van der Waals surface area (Å²) >= 11 is 0. The van der Waals surface area contributed by atoms with Crippen LogP contribution in [-0.4, -0.2) is 18.9 Å². The maximum absolute atomic E-state index is 12.6. The molecule has 0 aliphatic carbocycles. The highest BCUT2D eigenvalue weighted by Gasteiger charge is 2.34. The van der Waals surface area contributed by atoms with Crippen LogP contribution in [0.2, 0.25) is 0 Å². The smallest absolute Gasteiger partial charge is 0.169 e. The van der Waals surface area contributed by atoms with E-state index >= 15 is 0 Å². The van der Waals surface area contributed by atoms with Crippen molar-refractivity contribution in [3.63, 3.8) is 0 Å². The Morgan fingerprint density at radius 1 is 1.33 bits per heavy atom. The molecule has 2 nitrogen and oxygen atoms in total. The van der Waals surface area contributed by atoms with Gasteiger partial charge in [-0.3, -0.25) is 4.79 Å². The van der Waals surface area contributed by atoms with E-state index in [0.717, 1.165) is 44.3 Å². The fourth-order valence-electron chi connectivity index (χ4n) is 2.71. The largest absolute Gasteiger partial charge is 0.316 e. The second-order valence-electron chi connectivity index (χ2n) is 5.62. The average molecular weight is 245 g/mol. The topological polar surface area (TPSA) is 29.1 Å². The van der Waals surface area contributed by atoms with Gasteiger partial charge in [-0.05, 0) is 31.4 Å². The highest BCUT2D eigenvalue weighted by Crippen LogP contribution is 2.29. The van der Waals surface area contributed by atoms with Crippen molar-refractivity contribution in [1.29, 1.82) is 0 Å². The summed E-state index contributed by atoms with van der Waals surface area (Å²) in [5.74, 6) is 0.290. The lowest BCUT2D eigenvalue weighted by Crippen LogP contribution is -2.43. The van der Waals surface area contributed by atoms with Crippen molar-refractivity contribution in [1.82, 2.24) is 5.32 Å². The van der Waals surface area contributed by atoms with Crippen LogP contribution in [0.5, 0.6) is 0 Å². The Morgan fingerprint density at radius 2 is 2.06 bits per heavy atom. The van der Waals surface area contributed by atoms with Crippen molar-refractivity contribution in [3.8, 4) is 0 Å². The number of nitrogens with one attached hydrogen (secondary N) is 1. The van der Waals surface area contributed by atoms with E-state index in [1.54, 1.807) is 0 Å². The van der Waals surface area contributed by atoms with Crippen molar-refractivity contribution in [2.45, 2.75) is 39.5 Å². The molecule has 1 N–H and O–H groups in total. The molecule has 0 radical (unpaired) electrons. The van der Waals surface area contributed by atoms with Gasteiger partial charge in [0.05, 0.1) is 0 Å². The van der Waals surface area contributed by atoms with E-state index in [0.29, 0.717) is 0 Å². The first-order chi connectivity index (χ1) is 8.65. The molecule has 18 heavy (non-hydrogen) atoms. The lowest BCUT2D eigenvalue weighted by atomic mass is 9.76. The van der Waals surface area contributed by atoms with Crippen LogP contribution in [0.1, 0.15) is 49.0 Å². The van der Waals surface area contributed by atoms with Gasteiger partial charge in [-0.1, -0.05) is 44.5 Å². The maximum Gasteiger partial charge on any atom is 0.169 e. The molecule has 0 aromatic heterocycles. The standard InChI is InChI=1S/C16H23NO/c1-3-5-13-6-8-14(9-7-13)15(18)16(2)10-4-11-17-12-16/h6-9,17H,3-5,10-12H2,1-2H3. The van der Waals surface area contributed by atoms with E-state index in [2.05, 4.69) is 31.3 Å². The fourth-order valence-corrected chi connectivity index (χ4v) is 2.71. The minimum absolute atomic E-state index is 0.218. The molecule has 1 aromatic carbocycles. The molecule has 1 aliphatic heterocycles. The summed E-state index contributed by atoms with van der Waals surface area (Å²) in [6.07, 6.45) is 4.33. The van der Waals surface area contributed by atoms with E-state index in [4.69, 9.17) is 0 Å². The predicted molar refractivity (Wildman–Crippen MR) is 75.0 cm³/mol. The zero-order valence-corrected chi connectivity index (χ0v) is 11.5. The Labute approximate surface area is 110 Å². The van der Waals surface area contributed by atoms with Gasteiger partial charge in [0.1, 0.15) is 0 Å². The van der Waals surface area contributed by atoms with Crippen molar-refractivity contribution < 1.29 is 4.79 Å². The summed E-state index contributed by atoms with van der Waals surface area (Å²) in [6.45, 7) is 6.11. The second-order valence-corrected chi connectivity index (χ2v) is 5.62. The quantitative estimate of drug-likeness (QED) is 0.825. The Bertz CT molecular complexity index is 402. The highest BCUT2D eigenvalue weighted by atomic mass is 16.1. The molecular weight excluding hydrogens is 222 g/mol. The average Bonchev–Trinajstić information content (AvgIpc) is 2.40. The zero-order valence-electron chi connectivity index (χ0n) is 11.5. The molecule has 1 aliphatic rings. The van der Waals surface area contributed by atoms with Crippen molar-refractivity contribution >= 4 is 5.78 Å². The number of piperidine rings is 1. The summed E-state index contributed by atoms with van der Waals surface area (Å²) < 4.78 is 0. The number of aryl methyl sites for hydroxylation is 1. The molecule has 98 valence electrons. The monoisotopic (exact) mass is 245 g/mol. The van der Waals surface area contributed by atoms with Crippen LogP contribution in [0, 0.1) is 5.41 Å². The first-order valence-corrected chi connectivity index (χ1v) is 7.00. The third-order valence-electron chi connectivity index (χ3n) is 3.90. The van der Waals surface area contributed by atoms with E-state index in [9.17, 15) is 4.79 Å². The van der Waals surface area contributed by atoms with Gasteiger partial charge < -0.3 is 5.32 Å². The van der Waals surface area contributed by atoms with Gasteiger partial charge in [-0.25, -0.2) is 0 Å². The van der Waals surface area contributed by atoms with Crippen molar-refractivity contribution in [2.75, 3.05) is 13.1 Å². The summed E-state index contributed by atoms with van der Waals surface area (Å²) in [6, 6.07) is 8.17. The van der Waals surface area contributed by atoms with Gasteiger partial charge in [0, 0.05) is 17.5 Å².